The van der Waals surface area contributed by atoms with Gasteiger partial charge in [0.25, 0.3) is 0 Å². The van der Waals surface area contributed by atoms with Crippen molar-refractivity contribution in [3.05, 3.63) is 47.9 Å². The highest BCUT2D eigenvalue weighted by Gasteiger charge is 2.87. The molecule has 6 aliphatic rings. The molecule has 2 aromatic rings. The van der Waals surface area contributed by atoms with Crippen LogP contribution in [0.15, 0.2) is 36.4 Å². The number of aromatic nitrogens is 1. The number of ketones is 1. The second-order valence-corrected chi connectivity index (χ2v) is 12.8. The van der Waals surface area contributed by atoms with Crippen molar-refractivity contribution < 1.29 is 38.8 Å². The highest BCUT2D eigenvalue weighted by Crippen LogP contribution is 2.76. The lowest BCUT2D eigenvalue weighted by Crippen LogP contribution is -2.85. The van der Waals surface area contributed by atoms with Crippen molar-refractivity contribution in [3.63, 3.8) is 0 Å². The maximum Gasteiger partial charge on any atom is 0.355 e. The van der Waals surface area contributed by atoms with E-state index < -0.39 is 75.7 Å². The first-order chi connectivity index (χ1) is 17.9. The number of aliphatic hydroxyl groups is 3. The van der Waals surface area contributed by atoms with E-state index in [1.807, 2.05) is 13.8 Å². The maximum absolute atomic E-state index is 14.2. The van der Waals surface area contributed by atoms with E-state index in [9.17, 15) is 29.3 Å². The lowest BCUT2D eigenvalue weighted by atomic mass is 9.35. The molecule has 38 heavy (non-hydrogen) atoms. The van der Waals surface area contributed by atoms with Crippen molar-refractivity contribution >= 4 is 22.7 Å². The van der Waals surface area contributed by atoms with E-state index in [2.05, 4.69) is 11.6 Å². The summed E-state index contributed by atoms with van der Waals surface area (Å²) in [5.74, 6) is -5.69. The minimum atomic E-state index is -2.32. The Bertz CT molecular complexity index is 1420. The SMILES string of the molecule is C=C1C(=O)[C@]23[C@H](OC(=O)c4cc5ccc(F)cc5[nH]4)[C@H]1CC[C@H]2[C@@]12CO[C@]3(O)[C@@H](O)[C@@H]1C(C)(C)CC[C@@H]2O. The number of aromatic amines is 1. The summed E-state index contributed by atoms with van der Waals surface area (Å²) in [4.78, 5) is 30.5. The molecule has 4 saturated carbocycles. The van der Waals surface area contributed by atoms with Gasteiger partial charge in [-0.1, -0.05) is 20.4 Å². The molecule has 0 radical (unpaired) electrons. The molecule has 2 spiro atoms. The third kappa shape index (κ3) is 2.55. The molecular formula is C29H32FNO7. The molecule has 9 atom stereocenters. The maximum atomic E-state index is 14.2. The van der Waals surface area contributed by atoms with Gasteiger partial charge in [-0.2, -0.15) is 0 Å². The number of aliphatic hydroxyl groups excluding tert-OH is 2. The Labute approximate surface area is 218 Å². The van der Waals surface area contributed by atoms with E-state index in [0.717, 1.165) is 0 Å². The molecule has 0 amide bonds. The number of halogens is 1. The van der Waals surface area contributed by atoms with E-state index in [1.54, 1.807) is 12.1 Å². The molecule has 9 heteroatoms. The molecule has 3 heterocycles. The van der Waals surface area contributed by atoms with Crippen molar-refractivity contribution in [3.8, 4) is 0 Å². The van der Waals surface area contributed by atoms with Gasteiger partial charge in [0, 0.05) is 28.2 Å². The van der Waals surface area contributed by atoms with Gasteiger partial charge >= 0.3 is 5.97 Å². The fourth-order valence-corrected chi connectivity index (χ4v) is 9.43. The number of nitrogens with one attached hydrogen (secondary N) is 1. The number of H-pyrrole nitrogens is 1. The van der Waals surface area contributed by atoms with Crippen molar-refractivity contribution in [2.75, 3.05) is 6.61 Å². The molecule has 4 N–H and O–H groups in total. The number of fused-ring (bicyclic) bond motifs is 3. The molecule has 0 unspecified atom stereocenters. The summed E-state index contributed by atoms with van der Waals surface area (Å²) in [5, 5.41) is 36.2. The second kappa shape index (κ2) is 7.33. The summed E-state index contributed by atoms with van der Waals surface area (Å²) in [5.41, 5.74) is -2.50. The third-order valence-electron chi connectivity index (χ3n) is 10.9. The molecule has 8 rings (SSSR count). The minimum absolute atomic E-state index is 0.000904. The Kier molecular flexibility index (Phi) is 4.71. The van der Waals surface area contributed by atoms with Gasteiger partial charge in [-0.05, 0) is 66.9 Å². The van der Waals surface area contributed by atoms with Crippen LogP contribution in [0.1, 0.15) is 50.0 Å². The third-order valence-corrected chi connectivity index (χ3v) is 10.9. The van der Waals surface area contributed by atoms with E-state index >= 15 is 0 Å². The molecule has 6 fully saturated rings. The van der Waals surface area contributed by atoms with E-state index in [4.69, 9.17) is 9.47 Å². The first kappa shape index (κ1) is 24.5. The van der Waals surface area contributed by atoms with Gasteiger partial charge in [-0.15, -0.1) is 0 Å². The summed E-state index contributed by atoms with van der Waals surface area (Å²) in [7, 11) is 0. The van der Waals surface area contributed by atoms with Crippen molar-refractivity contribution in [2.24, 2.45) is 34.0 Å². The molecule has 4 aliphatic carbocycles. The van der Waals surface area contributed by atoms with Gasteiger partial charge < -0.3 is 29.8 Å². The summed E-state index contributed by atoms with van der Waals surface area (Å²) < 4.78 is 25.8. The van der Waals surface area contributed by atoms with Crippen LogP contribution >= 0.6 is 0 Å². The molecular weight excluding hydrogens is 493 g/mol. The predicted molar refractivity (Wildman–Crippen MR) is 132 cm³/mol. The van der Waals surface area contributed by atoms with Crippen LogP contribution in [-0.4, -0.2) is 62.8 Å². The highest BCUT2D eigenvalue weighted by molar-refractivity contribution is 6.06. The van der Waals surface area contributed by atoms with Gasteiger partial charge in [0.15, 0.2) is 5.78 Å². The van der Waals surface area contributed by atoms with Gasteiger partial charge in [0.1, 0.15) is 29.1 Å². The number of carbonyl (C=O) groups excluding carboxylic acids is 2. The van der Waals surface area contributed by atoms with Crippen LogP contribution in [0.5, 0.6) is 0 Å². The van der Waals surface area contributed by atoms with Crippen molar-refractivity contribution in [1.82, 2.24) is 4.98 Å². The smallest absolute Gasteiger partial charge is 0.355 e. The Balaban J connectivity index is 1.37. The zero-order valence-electron chi connectivity index (χ0n) is 21.4. The number of hydrogen-bond donors (Lipinski definition) is 4. The molecule has 1 aromatic carbocycles. The van der Waals surface area contributed by atoms with Gasteiger partial charge in [0.2, 0.25) is 5.79 Å². The lowest BCUT2D eigenvalue weighted by molar-refractivity contribution is -0.457. The number of ether oxygens (including phenoxy) is 2. The van der Waals surface area contributed by atoms with Crippen molar-refractivity contribution in [1.29, 1.82) is 0 Å². The quantitative estimate of drug-likeness (QED) is 0.351. The number of rotatable bonds is 2. The van der Waals surface area contributed by atoms with Crippen LogP contribution in [0, 0.1) is 39.8 Å². The zero-order valence-corrected chi connectivity index (χ0v) is 21.4. The number of esters is 1. The Hall–Kier alpha value is -2.59. The molecule has 202 valence electrons. The highest BCUT2D eigenvalue weighted by atomic mass is 19.1. The van der Waals surface area contributed by atoms with Crippen LogP contribution in [0.4, 0.5) is 4.39 Å². The van der Waals surface area contributed by atoms with Crippen LogP contribution in [0.3, 0.4) is 0 Å². The summed E-state index contributed by atoms with van der Waals surface area (Å²) in [6, 6.07) is 5.65. The summed E-state index contributed by atoms with van der Waals surface area (Å²) >= 11 is 0. The first-order valence-electron chi connectivity index (χ1n) is 13.3. The molecule has 2 saturated heterocycles. The topological polar surface area (TPSA) is 129 Å². The molecule has 8 nitrogen and oxygen atoms in total. The number of Topliss-reactive ketones (excluding diaryl/α,β-unsaturated/α-hetero) is 1. The van der Waals surface area contributed by atoms with E-state index in [1.165, 1.54) is 12.1 Å². The van der Waals surface area contributed by atoms with E-state index in [-0.39, 0.29) is 17.9 Å². The van der Waals surface area contributed by atoms with Crippen LogP contribution < -0.4 is 0 Å². The van der Waals surface area contributed by atoms with Gasteiger partial charge in [-0.3, -0.25) is 4.79 Å². The summed E-state index contributed by atoms with van der Waals surface area (Å²) in [6.07, 6.45) is -1.39. The van der Waals surface area contributed by atoms with Crippen LogP contribution in [0.25, 0.3) is 10.9 Å². The Morgan fingerprint density at radius 3 is 2.74 bits per heavy atom. The molecule has 4 bridgehead atoms. The zero-order chi connectivity index (χ0) is 27.0. The second-order valence-electron chi connectivity index (χ2n) is 12.8. The predicted octanol–water partition coefficient (Wildman–Crippen LogP) is 2.86. The number of benzene rings is 1. The monoisotopic (exact) mass is 525 g/mol. The summed E-state index contributed by atoms with van der Waals surface area (Å²) in [6.45, 7) is 8.06. The largest absolute Gasteiger partial charge is 0.456 e. The molecule has 2 aliphatic heterocycles. The lowest BCUT2D eigenvalue weighted by Gasteiger charge is -2.74. The number of hydrogen-bond acceptors (Lipinski definition) is 7. The van der Waals surface area contributed by atoms with Gasteiger partial charge in [0.05, 0.1) is 12.7 Å². The minimum Gasteiger partial charge on any atom is -0.456 e. The van der Waals surface area contributed by atoms with E-state index in [0.29, 0.717) is 36.6 Å². The fraction of sp³-hybridized carbons (Fsp3) is 0.586. The average Bonchev–Trinajstić information content (AvgIpc) is 3.34. The van der Waals surface area contributed by atoms with Crippen molar-refractivity contribution in [2.45, 2.75) is 63.6 Å². The Morgan fingerprint density at radius 2 is 1.97 bits per heavy atom. The normalized spacial score (nSPS) is 44.7. The fourth-order valence-electron chi connectivity index (χ4n) is 9.43. The van der Waals surface area contributed by atoms with Gasteiger partial charge in [-0.25, -0.2) is 9.18 Å². The van der Waals surface area contributed by atoms with Crippen LogP contribution in [-0.2, 0) is 14.3 Å². The van der Waals surface area contributed by atoms with Crippen LogP contribution in [0.2, 0.25) is 0 Å². The average molecular weight is 526 g/mol. The first-order valence-corrected chi connectivity index (χ1v) is 13.3. The Morgan fingerprint density at radius 1 is 1.21 bits per heavy atom. The standard InChI is InChI=1S/C29H32FNO7/c1-13-16-6-7-19-27-12-37-29(36,23(34)21(27)26(2,3)9-8-20(27)32)28(19,22(13)33)24(16)38-25(35)18-10-14-4-5-15(30)11-17(14)31-18/h4-5,10-11,16,19-21,23-24,31-32,34,36H,1,6-9,12H2,2-3H3/t16-,19-,20-,21+,23-,24+,27+,28-,29+/m0/s1. The number of carbonyl (C=O) groups is 2. The molecule has 1 aromatic heterocycles.